The average molecular weight is 360 g/mol. The van der Waals surface area contributed by atoms with E-state index in [1.165, 1.54) is 49.8 Å². The molecular weight excluding hydrogens is 333 g/mol. The number of aryl methyl sites for hydroxylation is 1. The van der Waals surface area contributed by atoms with Crippen molar-refractivity contribution in [2.45, 2.75) is 71.6 Å². The number of hydrogen-bond donors (Lipinski definition) is 0. The van der Waals surface area contributed by atoms with Gasteiger partial charge in [-0.1, -0.05) is 70.4 Å². The van der Waals surface area contributed by atoms with Crippen LogP contribution in [0, 0.1) is 0 Å². The maximum Gasteiger partial charge on any atom is 0.322 e. The number of halogens is 2. The first-order chi connectivity index (χ1) is 11.1. The zero-order valence-electron chi connectivity index (χ0n) is 14.2. The van der Waals surface area contributed by atoms with Crippen LogP contribution < -0.4 is 4.90 Å². The molecular formula is C17H27Cl2N3O. The van der Waals surface area contributed by atoms with E-state index in [9.17, 15) is 4.79 Å². The van der Waals surface area contributed by atoms with Gasteiger partial charge in [0.1, 0.15) is 11.3 Å². The number of rotatable bonds is 11. The lowest BCUT2D eigenvalue weighted by Gasteiger charge is -2.20. The van der Waals surface area contributed by atoms with Crippen LogP contribution in [0.3, 0.4) is 0 Å². The van der Waals surface area contributed by atoms with Crippen LogP contribution in [0.2, 0.25) is 5.02 Å². The largest absolute Gasteiger partial charge is 0.322 e. The highest BCUT2D eigenvalue weighted by Gasteiger charge is 2.19. The van der Waals surface area contributed by atoms with Crippen LogP contribution in [-0.4, -0.2) is 21.9 Å². The first-order valence-electron chi connectivity index (χ1n) is 8.58. The Labute approximate surface area is 149 Å². The van der Waals surface area contributed by atoms with E-state index in [-0.39, 0.29) is 0 Å². The summed E-state index contributed by atoms with van der Waals surface area (Å²) in [7, 11) is 0. The van der Waals surface area contributed by atoms with Gasteiger partial charge in [0.05, 0.1) is 5.69 Å². The molecule has 0 saturated carbocycles. The molecule has 1 rings (SSSR count). The zero-order valence-corrected chi connectivity index (χ0v) is 15.7. The van der Waals surface area contributed by atoms with E-state index >= 15 is 0 Å². The van der Waals surface area contributed by atoms with Gasteiger partial charge in [0.2, 0.25) is 0 Å². The van der Waals surface area contributed by atoms with Crippen molar-refractivity contribution < 1.29 is 4.79 Å². The molecule has 0 bridgehead atoms. The SMILES string of the molecule is CCCCCCCCCCN(C(=O)Cl)c1ncnc(CC)c1Cl. The van der Waals surface area contributed by atoms with Gasteiger partial charge in [-0.25, -0.2) is 9.97 Å². The molecule has 130 valence electrons. The van der Waals surface area contributed by atoms with Crippen LogP contribution in [0.1, 0.15) is 70.9 Å². The van der Waals surface area contributed by atoms with Crippen molar-refractivity contribution in [2.75, 3.05) is 11.4 Å². The van der Waals surface area contributed by atoms with Gasteiger partial charge >= 0.3 is 5.37 Å². The predicted octanol–water partition coefficient (Wildman–Crippen LogP) is 6.00. The van der Waals surface area contributed by atoms with Gasteiger partial charge < -0.3 is 0 Å². The lowest BCUT2D eigenvalue weighted by Crippen LogP contribution is -2.28. The van der Waals surface area contributed by atoms with Crippen LogP contribution in [0.5, 0.6) is 0 Å². The minimum atomic E-state index is -0.546. The van der Waals surface area contributed by atoms with Crippen molar-refractivity contribution >= 4 is 34.4 Å². The molecule has 4 nitrogen and oxygen atoms in total. The van der Waals surface area contributed by atoms with Crippen molar-refractivity contribution in [1.82, 2.24) is 9.97 Å². The molecule has 0 radical (unpaired) electrons. The molecule has 0 saturated heterocycles. The Hall–Kier alpha value is -0.870. The van der Waals surface area contributed by atoms with Crippen LogP contribution in [0.15, 0.2) is 6.33 Å². The van der Waals surface area contributed by atoms with Gasteiger partial charge in [-0.05, 0) is 24.4 Å². The topological polar surface area (TPSA) is 46.1 Å². The quantitative estimate of drug-likeness (QED) is 0.276. The van der Waals surface area contributed by atoms with Crippen LogP contribution in [0.4, 0.5) is 10.6 Å². The maximum absolute atomic E-state index is 11.7. The molecule has 0 aliphatic rings. The first-order valence-corrected chi connectivity index (χ1v) is 9.33. The monoisotopic (exact) mass is 359 g/mol. The Morgan fingerprint density at radius 1 is 1.04 bits per heavy atom. The number of carbonyl (C=O) groups is 1. The average Bonchev–Trinajstić information content (AvgIpc) is 2.54. The van der Waals surface area contributed by atoms with E-state index in [0.29, 0.717) is 23.8 Å². The van der Waals surface area contributed by atoms with E-state index in [0.717, 1.165) is 18.5 Å². The van der Waals surface area contributed by atoms with Crippen molar-refractivity contribution in [2.24, 2.45) is 0 Å². The van der Waals surface area contributed by atoms with Crippen LogP contribution in [0.25, 0.3) is 0 Å². The Morgan fingerprint density at radius 2 is 1.65 bits per heavy atom. The number of nitrogens with zero attached hydrogens (tertiary/aromatic N) is 3. The number of unbranched alkanes of at least 4 members (excludes halogenated alkanes) is 7. The second kappa shape index (κ2) is 11.6. The summed E-state index contributed by atoms with van der Waals surface area (Å²) < 4.78 is 0. The molecule has 0 fully saturated rings. The summed E-state index contributed by atoms with van der Waals surface area (Å²) in [6.07, 6.45) is 11.7. The fourth-order valence-corrected chi connectivity index (χ4v) is 3.01. The normalized spacial score (nSPS) is 10.8. The summed E-state index contributed by atoms with van der Waals surface area (Å²) in [6, 6.07) is 0. The van der Waals surface area contributed by atoms with Gasteiger partial charge in [-0.3, -0.25) is 9.69 Å². The second-order valence-corrected chi connectivity index (χ2v) is 6.39. The Bertz CT molecular complexity index is 483. The van der Waals surface area contributed by atoms with Crippen LogP contribution >= 0.6 is 23.2 Å². The zero-order chi connectivity index (χ0) is 17.1. The second-order valence-electron chi connectivity index (χ2n) is 5.69. The van der Waals surface area contributed by atoms with Gasteiger partial charge in [0, 0.05) is 6.54 Å². The lowest BCUT2D eigenvalue weighted by molar-refractivity contribution is 0.264. The molecule has 1 amide bonds. The summed E-state index contributed by atoms with van der Waals surface area (Å²) in [5.74, 6) is 0.418. The molecule has 0 unspecified atom stereocenters. The summed E-state index contributed by atoms with van der Waals surface area (Å²) in [4.78, 5) is 21.4. The van der Waals surface area contributed by atoms with E-state index in [1.54, 1.807) is 0 Å². The molecule has 23 heavy (non-hydrogen) atoms. The number of anilines is 1. The van der Waals surface area contributed by atoms with Crippen LogP contribution in [-0.2, 0) is 6.42 Å². The minimum absolute atomic E-state index is 0.418. The highest BCUT2D eigenvalue weighted by molar-refractivity contribution is 6.66. The number of carbonyl (C=O) groups excluding carboxylic acids is 1. The fraction of sp³-hybridized carbons (Fsp3) is 0.706. The summed E-state index contributed by atoms with van der Waals surface area (Å²) in [6.45, 7) is 4.72. The highest BCUT2D eigenvalue weighted by Crippen LogP contribution is 2.27. The van der Waals surface area contributed by atoms with Gasteiger partial charge in [-0.15, -0.1) is 0 Å². The molecule has 0 aromatic carbocycles. The fourth-order valence-electron chi connectivity index (χ4n) is 2.51. The summed E-state index contributed by atoms with van der Waals surface area (Å²) in [5, 5.41) is -0.126. The summed E-state index contributed by atoms with van der Waals surface area (Å²) in [5.41, 5.74) is 0.732. The molecule has 0 atom stereocenters. The van der Waals surface area contributed by atoms with E-state index < -0.39 is 5.37 Å². The Morgan fingerprint density at radius 3 is 2.22 bits per heavy atom. The van der Waals surface area contributed by atoms with Crippen molar-refractivity contribution in [3.63, 3.8) is 0 Å². The highest BCUT2D eigenvalue weighted by atomic mass is 35.5. The third kappa shape index (κ3) is 7.05. The first kappa shape index (κ1) is 20.2. The molecule has 1 aromatic rings. The van der Waals surface area contributed by atoms with Gasteiger partial charge in [-0.2, -0.15) is 0 Å². The lowest BCUT2D eigenvalue weighted by atomic mass is 10.1. The molecule has 0 aliphatic carbocycles. The number of amides is 1. The smallest absolute Gasteiger partial charge is 0.282 e. The standard InChI is InChI=1S/C17H27Cl2N3O/c1-3-5-6-7-8-9-10-11-12-22(17(19)23)16-15(18)14(4-2)20-13-21-16/h13H,3-12H2,1-2H3. The van der Waals surface area contributed by atoms with E-state index in [4.69, 9.17) is 23.2 Å². The number of aromatic nitrogens is 2. The van der Waals surface area contributed by atoms with E-state index in [1.807, 2.05) is 6.92 Å². The molecule has 0 N–H and O–H groups in total. The van der Waals surface area contributed by atoms with Crippen molar-refractivity contribution in [3.05, 3.63) is 17.0 Å². The third-order valence-electron chi connectivity index (χ3n) is 3.88. The van der Waals surface area contributed by atoms with Gasteiger partial charge in [0.15, 0.2) is 5.82 Å². The van der Waals surface area contributed by atoms with Gasteiger partial charge in [0.25, 0.3) is 0 Å². The molecule has 0 aliphatic heterocycles. The minimum Gasteiger partial charge on any atom is -0.282 e. The Kier molecular flexibility index (Phi) is 10.2. The van der Waals surface area contributed by atoms with Crippen molar-refractivity contribution in [1.29, 1.82) is 0 Å². The molecule has 6 heteroatoms. The molecule has 1 heterocycles. The number of hydrogen-bond acceptors (Lipinski definition) is 3. The maximum atomic E-state index is 11.7. The molecule has 1 aromatic heterocycles. The van der Waals surface area contributed by atoms with Crippen molar-refractivity contribution in [3.8, 4) is 0 Å². The summed E-state index contributed by atoms with van der Waals surface area (Å²) >= 11 is 12.0. The Balaban J connectivity index is 2.46. The van der Waals surface area contributed by atoms with E-state index in [2.05, 4.69) is 16.9 Å². The molecule has 0 spiro atoms. The predicted molar refractivity (Wildman–Crippen MR) is 97.6 cm³/mol. The third-order valence-corrected chi connectivity index (χ3v) is 4.47.